The number of carbonyl (C=O) groups excluding carboxylic acids is 2. The fourth-order valence-corrected chi connectivity index (χ4v) is 6.51. The van der Waals surface area contributed by atoms with E-state index in [2.05, 4.69) is 78.7 Å². The first-order valence-electron chi connectivity index (χ1n) is 16.9. The number of carbonyl (C=O) groups is 2. The summed E-state index contributed by atoms with van der Waals surface area (Å²) in [6.07, 6.45) is 7.46. The van der Waals surface area contributed by atoms with Crippen molar-refractivity contribution >= 4 is 29.1 Å². The molecule has 10 heteroatoms. The van der Waals surface area contributed by atoms with Gasteiger partial charge in [0.05, 0.1) is 12.1 Å². The zero-order chi connectivity index (χ0) is 32.1. The summed E-state index contributed by atoms with van der Waals surface area (Å²) >= 11 is 0. The summed E-state index contributed by atoms with van der Waals surface area (Å²) in [5.41, 5.74) is 2.34. The highest BCUT2D eigenvalue weighted by molar-refractivity contribution is 5.84. The number of nitrogens with zero attached hydrogens (tertiary/aromatic N) is 5. The van der Waals surface area contributed by atoms with Crippen molar-refractivity contribution in [2.24, 2.45) is 10.8 Å². The van der Waals surface area contributed by atoms with Crippen molar-refractivity contribution < 1.29 is 9.59 Å². The van der Waals surface area contributed by atoms with E-state index in [9.17, 15) is 9.59 Å². The Bertz CT molecular complexity index is 1290. The van der Waals surface area contributed by atoms with E-state index in [1.165, 1.54) is 18.4 Å². The largest absolute Gasteiger partial charge is 0.370 e. The minimum atomic E-state index is -0.336. The highest BCUT2D eigenvalue weighted by Gasteiger charge is 2.41. The molecule has 3 aliphatic heterocycles. The average molecular weight is 619 g/mol. The third-order valence-electron chi connectivity index (χ3n) is 10.3. The van der Waals surface area contributed by atoms with Gasteiger partial charge in [-0.25, -0.2) is 9.97 Å². The molecule has 0 saturated carbocycles. The fraction of sp³-hybridized carbons (Fsp3) is 0.657. The Balaban J connectivity index is 1.10. The Morgan fingerprint density at radius 1 is 0.978 bits per heavy atom. The lowest BCUT2D eigenvalue weighted by atomic mass is 9.82. The molecule has 0 unspecified atom stereocenters. The van der Waals surface area contributed by atoms with E-state index in [-0.39, 0.29) is 22.8 Å². The Kier molecular flexibility index (Phi) is 10.2. The van der Waals surface area contributed by atoms with Crippen LogP contribution in [0.1, 0.15) is 78.7 Å². The monoisotopic (exact) mass is 618 g/mol. The third-order valence-corrected chi connectivity index (χ3v) is 10.3. The van der Waals surface area contributed by atoms with Gasteiger partial charge < -0.3 is 25.8 Å². The van der Waals surface area contributed by atoms with Gasteiger partial charge >= 0.3 is 0 Å². The molecule has 45 heavy (non-hydrogen) atoms. The molecule has 1 aromatic carbocycles. The molecule has 10 nitrogen and oxygen atoms in total. The van der Waals surface area contributed by atoms with Crippen LogP contribution in [0.25, 0.3) is 0 Å². The first kappa shape index (κ1) is 33.0. The number of anilines is 3. The summed E-state index contributed by atoms with van der Waals surface area (Å²) in [5, 5.41) is 9.76. The quantitative estimate of drug-likeness (QED) is 0.318. The molecule has 1 aromatic heterocycles. The van der Waals surface area contributed by atoms with Gasteiger partial charge in [-0.2, -0.15) is 0 Å². The van der Waals surface area contributed by atoms with E-state index in [1.54, 1.807) is 6.33 Å². The molecule has 3 aliphatic rings. The van der Waals surface area contributed by atoms with Crippen molar-refractivity contribution in [3.63, 3.8) is 0 Å². The van der Waals surface area contributed by atoms with Crippen LogP contribution in [0, 0.1) is 10.8 Å². The summed E-state index contributed by atoms with van der Waals surface area (Å²) in [6.45, 7) is 18.2. The normalized spacial score (nSPS) is 20.2. The van der Waals surface area contributed by atoms with Crippen molar-refractivity contribution in [2.75, 3.05) is 67.5 Å². The molecule has 0 radical (unpaired) electrons. The summed E-state index contributed by atoms with van der Waals surface area (Å²) in [7, 11) is 0. The molecule has 3 saturated heterocycles. The smallest absolute Gasteiger partial charge is 0.240 e. The van der Waals surface area contributed by atoms with Crippen LogP contribution < -0.4 is 25.8 Å². The second kappa shape index (κ2) is 13.9. The number of piperidine rings is 2. The second-order valence-corrected chi connectivity index (χ2v) is 14.8. The molecular weight excluding hydrogens is 564 g/mol. The Labute approximate surface area is 269 Å². The molecule has 1 spiro atoms. The molecule has 5 rings (SSSR count). The first-order valence-corrected chi connectivity index (χ1v) is 16.9. The van der Waals surface area contributed by atoms with E-state index < -0.39 is 0 Å². The summed E-state index contributed by atoms with van der Waals surface area (Å²) < 4.78 is 0. The van der Waals surface area contributed by atoms with Crippen LogP contribution in [-0.4, -0.2) is 84.6 Å². The van der Waals surface area contributed by atoms with Crippen molar-refractivity contribution in [2.45, 2.75) is 85.2 Å². The van der Waals surface area contributed by atoms with Gasteiger partial charge in [-0.3, -0.25) is 14.5 Å². The molecule has 2 amide bonds. The minimum absolute atomic E-state index is 0.0951. The number of hydrogen-bond acceptors (Lipinski definition) is 8. The van der Waals surface area contributed by atoms with Crippen LogP contribution in [0.3, 0.4) is 0 Å². The summed E-state index contributed by atoms with van der Waals surface area (Å²) in [4.78, 5) is 41.2. The Hall–Kier alpha value is -3.40. The van der Waals surface area contributed by atoms with Crippen molar-refractivity contribution in [3.8, 4) is 0 Å². The van der Waals surface area contributed by atoms with Crippen LogP contribution in [0.2, 0.25) is 0 Å². The molecule has 3 N–H and O–H groups in total. The molecule has 246 valence electrons. The first-order chi connectivity index (χ1) is 21.5. The number of rotatable bonds is 11. The number of nitrogens with one attached hydrogen (secondary N) is 3. The maximum absolute atomic E-state index is 12.9. The van der Waals surface area contributed by atoms with E-state index >= 15 is 0 Å². The Morgan fingerprint density at radius 3 is 2.38 bits per heavy atom. The fourth-order valence-electron chi connectivity index (χ4n) is 6.51. The second-order valence-electron chi connectivity index (χ2n) is 14.8. The molecular formula is C35H54N8O2. The molecule has 4 heterocycles. The van der Waals surface area contributed by atoms with Crippen LogP contribution in [0.4, 0.5) is 17.3 Å². The standard InChI is InChI=1S/C35H54N8O2/c1-6-34(4,5)32(45)37-17-7-16-36-29-22-30(39-26-38-29)42-20-14-35(15-21-42)25-43(24-31(44)40-35)28-10-8-27(9-11-28)23-41-18-12-33(2,3)13-19-41/h8-11,22,26H,6-7,12-21,23-25H2,1-5H3,(H,37,45)(H,40,44)(H,36,38,39). The molecule has 0 atom stereocenters. The predicted octanol–water partition coefficient (Wildman–Crippen LogP) is 4.43. The lowest BCUT2D eigenvalue weighted by molar-refractivity contribution is -0.129. The van der Waals surface area contributed by atoms with Crippen molar-refractivity contribution in [3.05, 3.63) is 42.2 Å². The molecule has 0 bridgehead atoms. The third kappa shape index (κ3) is 8.66. The van der Waals surface area contributed by atoms with Gasteiger partial charge in [-0.1, -0.05) is 46.8 Å². The maximum atomic E-state index is 12.9. The van der Waals surface area contributed by atoms with Gasteiger partial charge in [-0.15, -0.1) is 0 Å². The SMILES string of the molecule is CCC(C)(C)C(=O)NCCCNc1cc(N2CCC3(CC2)CN(c2ccc(CN4CCC(C)(C)CC4)cc2)CC(=O)N3)ncn1. The molecule has 0 aliphatic carbocycles. The lowest BCUT2D eigenvalue weighted by Crippen LogP contribution is -2.66. The molecule has 3 fully saturated rings. The van der Waals surface area contributed by atoms with E-state index in [1.807, 2.05) is 26.8 Å². The van der Waals surface area contributed by atoms with Crippen LogP contribution >= 0.6 is 0 Å². The van der Waals surface area contributed by atoms with Crippen LogP contribution in [0.15, 0.2) is 36.7 Å². The topological polar surface area (TPSA) is 106 Å². The predicted molar refractivity (Wildman–Crippen MR) is 181 cm³/mol. The number of amides is 2. The maximum Gasteiger partial charge on any atom is 0.240 e. The van der Waals surface area contributed by atoms with Gasteiger partial charge in [0.1, 0.15) is 18.0 Å². The lowest BCUT2D eigenvalue weighted by Gasteiger charge is -2.48. The zero-order valence-electron chi connectivity index (χ0n) is 28.1. The van der Waals surface area contributed by atoms with Gasteiger partial charge in [0, 0.05) is 56.4 Å². The Morgan fingerprint density at radius 2 is 1.69 bits per heavy atom. The van der Waals surface area contributed by atoms with Crippen LogP contribution in [0.5, 0.6) is 0 Å². The van der Waals surface area contributed by atoms with Gasteiger partial charge in [-0.05, 0) is 74.7 Å². The zero-order valence-corrected chi connectivity index (χ0v) is 28.1. The molecule has 2 aromatic rings. The highest BCUT2D eigenvalue weighted by atomic mass is 16.2. The van der Waals surface area contributed by atoms with E-state index in [0.29, 0.717) is 25.0 Å². The summed E-state index contributed by atoms with van der Waals surface area (Å²) in [6, 6.07) is 10.9. The number of likely N-dealkylation sites (tertiary alicyclic amines) is 1. The van der Waals surface area contributed by atoms with Gasteiger partial charge in [0.2, 0.25) is 11.8 Å². The van der Waals surface area contributed by atoms with Crippen molar-refractivity contribution in [1.82, 2.24) is 25.5 Å². The van der Waals surface area contributed by atoms with Crippen LogP contribution in [-0.2, 0) is 16.1 Å². The van der Waals surface area contributed by atoms with Gasteiger partial charge in [0.15, 0.2) is 0 Å². The van der Waals surface area contributed by atoms with E-state index in [0.717, 1.165) is 82.3 Å². The van der Waals surface area contributed by atoms with Gasteiger partial charge in [0.25, 0.3) is 0 Å². The number of hydrogen-bond donors (Lipinski definition) is 3. The minimum Gasteiger partial charge on any atom is -0.370 e. The average Bonchev–Trinajstić information content (AvgIpc) is 3.02. The summed E-state index contributed by atoms with van der Waals surface area (Å²) in [5.74, 6) is 1.87. The van der Waals surface area contributed by atoms with Crippen molar-refractivity contribution in [1.29, 1.82) is 0 Å². The van der Waals surface area contributed by atoms with E-state index in [4.69, 9.17) is 0 Å². The number of aromatic nitrogens is 2. The number of benzene rings is 1. The highest BCUT2D eigenvalue weighted by Crippen LogP contribution is 2.32. The number of piperazine rings is 1.